The summed E-state index contributed by atoms with van der Waals surface area (Å²) in [6.07, 6.45) is 1.21. The Morgan fingerprint density at radius 2 is 2.10 bits per heavy atom. The third-order valence-electron chi connectivity index (χ3n) is 3.84. The average Bonchev–Trinajstić information content (AvgIpc) is 2.40. The van der Waals surface area contributed by atoms with E-state index in [9.17, 15) is 19.1 Å². The number of halogens is 1. The van der Waals surface area contributed by atoms with Crippen molar-refractivity contribution in [3.8, 4) is 0 Å². The normalized spacial score (nSPS) is 22.6. The number of piperidine rings is 1. The first kappa shape index (κ1) is 14.5. The maximum atomic E-state index is 13.3. The minimum Gasteiger partial charge on any atom is -0.480 e. The first-order valence-corrected chi connectivity index (χ1v) is 6.70. The van der Waals surface area contributed by atoms with Crippen molar-refractivity contribution in [2.45, 2.75) is 32.7 Å². The number of nitrogens with zero attached hydrogens (tertiary/aromatic N) is 1. The average molecular weight is 279 g/mol. The second-order valence-corrected chi connectivity index (χ2v) is 5.44. The molecule has 4 nitrogen and oxygen atoms in total. The van der Waals surface area contributed by atoms with Crippen LogP contribution in [0.25, 0.3) is 0 Å². The van der Waals surface area contributed by atoms with Gasteiger partial charge in [0.1, 0.15) is 11.9 Å². The molecule has 0 radical (unpaired) electrons. The molecule has 1 amide bonds. The smallest absolute Gasteiger partial charge is 0.326 e. The molecule has 1 aromatic carbocycles. The molecule has 2 rings (SSSR count). The molecule has 0 saturated carbocycles. The lowest BCUT2D eigenvalue weighted by molar-refractivity contribution is -0.144. The largest absolute Gasteiger partial charge is 0.480 e. The van der Waals surface area contributed by atoms with E-state index in [1.807, 2.05) is 6.92 Å². The molecule has 1 heterocycles. The van der Waals surface area contributed by atoms with Crippen LogP contribution in [0.5, 0.6) is 0 Å². The van der Waals surface area contributed by atoms with Gasteiger partial charge < -0.3 is 10.0 Å². The van der Waals surface area contributed by atoms with Gasteiger partial charge in [0, 0.05) is 12.1 Å². The lowest BCUT2D eigenvalue weighted by Crippen LogP contribution is -2.49. The van der Waals surface area contributed by atoms with Crippen molar-refractivity contribution in [2.24, 2.45) is 5.92 Å². The van der Waals surface area contributed by atoms with Crippen molar-refractivity contribution in [2.75, 3.05) is 6.54 Å². The molecule has 5 heteroatoms. The zero-order valence-corrected chi connectivity index (χ0v) is 11.6. The van der Waals surface area contributed by atoms with Gasteiger partial charge in [-0.1, -0.05) is 13.0 Å². The predicted octanol–water partition coefficient (Wildman–Crippen LogP) is 2.46. The Morgan fingerprint density at radius 1 is 1.40 bits per heavy atom. The summed E-state index contributed by atoms with van der Waals surface area (Å²) in [5, 5.41) is 9.28. The highest BCUT2D eigenvalue weighted by atomic mass is 19.1. The summed E-state index contributed by atoms with van der Waals surface area (Å²) >= 11 is 0. The minimum absolute atomic E-state index is 0.241. The van der Waals surface area contributed by atoms with Gasteiger partial charge in [0.2, 0.25) is 0 Å². The van der Waals surface area contributed by atoms with Crippen LogP contribution in [0.4, 0.5) is 4.39 Å². The molecule has 0 bridgehead atoms. The van der Waals surface area contributed by atoms with E-state index in [1.165, 1.54) is 23.1 Å². The van der Waals surface area contributed by atoms with Gasteiger partial charge in [0.15, 0.2) is 0 Å². The quantitative estimate of drug-likeness (QED) is 0.904. The highest BCUT2D eigenvalue weighted by molar-refractivity contribution is 5.98. The van der Waals surface area contributed by atoms with Gasteiger partial charge in [-0.15, -0.1) is 0 Å². The number of carbonyl (C=O) groups excluding carboxylic acids is 1. The molecule has 2 unspecified atom stereocenters. The fraction of sp³-hybridized carbons (Fsp3) is 0.467. The molecular weight excluding hydrogens is 261 g/mol. The maximum absolute atomic E-state index is 13.3. The van der Waals surface area contributed by atoms with Crippen LogP contribution in [0.15, 0.2) is 18.2 Å². The van der Waals surface area contributed by atoms with Crippen LogP contribution in [0, 0.1) is 18.7 Å². The van der Waals surface area contributed by atoms with Crippen LogP contribution in [0.1, 0.15) is 35.7 Å². The van der Waals surface area contributed by atoms with E-state index in [0.29, 0.717) is 18.5 Å². The van der Waals surface area contributed by atoms with Gasteiger partial charge in [0.05, 0.1) is 0 Å². The molecule has 0 spiro atoms. The summed E-state index contributed by atoms with van der Waals surface area (Å²) in [6.45, 7) is 4.09. The molecule has 1 fully saturated rings. The first-order valence-electron chi connectivity index (χ1n) is 6.70. The van der Waals surface area contributed by atoms with Crippen LogP contribution < -0.4 is 0 Å². The van der Waals surface area contributed by atoms with Crippen LogP contribution in [0.2, 0.25) is 0 Å². The molecule has 1 saturated heterocycles. The highest BCUT2D eigenvalue weighted by Gasteiger charge is 2.35. The predicted molar refractivity (Wildman–Crippen MR) is 72.0 cm³/mol. The standard InChI is InChI=1S/C15H18FNO3/c1-9-5-6-17(13(7-9)15(19)20)14(18)12-8-11(16)4-3-10(12)2/h3-4,8-9,13H,5-7H2,1-2H3,(H,19,20). The van der Waals surface area contributed by atoms with Gasteiger partial charge in [-0.25, -0.2) is 9.18 Å². The number of benzene rings is 1. The summed E-state index contributed by atoms with van der Waals surface area (Å²) in [4.78, 5) is 25.2. The summed E-state index contributed by atoms with van der Waals surface area (Å²) < 4.78 is 13.3. The van der Waals surface area contributed by atoms with Gasteiger partial charge in [-0.2, -0.15) is 0 Å². The van der Waals surface area contributed by atoms with Crippen molar-refractivity contribution in [3.05, 3.63) is 35.1 Å². The van der Waals surface area contributed by atoms with Gasteiger partial charge >= 0.3 is 5.97 Å². The SMILES string of the molecule is Cc1ccc(F)cc1C(=O)N1CCC(C)CC1C(=O)O. The number of carbonyl (C=O) groups is 2. The minimum atomic E-state index is -1.00. The zero-order chi connectivity index (χ0) is 14.9. The van der Waals surface area contributed by atoms with Crippen LogP contribution in [0.3, 0.4) is 0 Å². The third kappa shape index (κ3) is 2.81. The Balaban J connectivity index is 2.31. The highest BCUT2D eigenvalue weighted by Crippen LogP contribution is 2.25. The van der Waals surface area contributed by atoms with E-state index in [2.05, 4.69) is 0 Å². The summed E-state index contributed by atoms with van der Waals surface area (Å²) in [6, 6.07) is 3.17. The molecule has 20 heavy (non-hydrogen) atoms. The second-order valence-electron chi connectivity index (χ2n) is 5.44. The Kier molecular flexibility index (Phi) is 4.06. The Hall–Kier alpha value is -1.91. The molecule has 1 aliphatic rings. The molecule has 0 aromatic heterocycles. The van der Waals surface area contributed by atoms with Crippen molar-refractivity contribution < 1.29 is 19.1 Å². The molecular formula is C15H18FNO3. The zero-order valence-electron chi connectivity index (χ0n) is 11.6. The second kappa shape index (κ2) is 5.61. The molecule has 108 valence electrons. The fourth-order valence-corrected chi connectivity index (χ4v) is 2.60. The van der Waals surface area contributed by atoms with Crippen molar-refractivity contribution >= 4 is 11.9 Å². The number of likely N-dealkylation sites (tertiary alicyclic amines) is 1. The van der Waals surface area contributed by atoms with Crippen molar-refractivity contribution in [1.82, 2.24) is 4.90 Å². The number of aliphatic carboxylic acids is 1. The molecule has 1 aromatic rings. The third-order valence-corrected chi connectivity index (χ3v) is 3.84. The topological polar surface area (TPSA) is 57.6 Å². The van der Waals surface area contributed by atoms with Gasteiger partial charge in [0.25, 0.3) is 5.91 Å². The number of aryl methyl sites for hydroxylation is 1. The number of rotatable bonds is 2. The number of carboxylic acids is 1. The summed E-state index contributed by atoms with van der Waals surface area (Å²) in [7, 11) is 0. The van der Waals surface area contributed by atoms with Crippen LogP contribution in [-0.4, -0.2) is 34.5 Å². The summed E-state index contributed by atoms with van der Waals surface area (Å²) in [5.41, 5.74) is 0.893. The van der Waals surface area contributed by atoms with E-state index in [-0.39, 0.29) is 11.5 Å². The molecule has 1 aliphatic heterocycles. The Labute approximate surface area is 117 Å². The Morgan fingerprint density at radius 3 is 2.75 bits per heavy atom. The molecule has 1 N–H and O–H groups in total. The number of hydrogen-bond acceptors (Lipinski definition) is 2. The van der Waals surface area contributed by atoms with Crippen LogP contribution >= 0.6 is 0 Å². The maximum Gasteiger partial charge on any atom is 0.326 e. The van der Waals surface area contributed by atoms with Crippen molar-refractivity contribution in [3.63, 3.8) is 0 Å². The number of carboxylic acid groups (broad SMARTS) is 1. The monoisotopic (exact) mass is 279 g/mol. The summed E-state index contributed by atoms with van der Waals surface area (Å²) in [5.74, 6) is -1.62. The number of amides is 1. The molecule has 0 aliphatic carbocycles. The lowest BCUT2D eigenvalue weighted by atomic mass is 9.91. The van der Waals surface area contributed by atoms with E-state index < -0.39 is 23.7 Å². The van der Waals surface area contributed by atoms with E-state index in [0.717, 1.165) is 6.42 Å². The van der Waals surface area contributed by atoms with E-state index >= 15 is 0 Å². The van der Waals surface area contributed by atoms with E-state index in [1.54, 1.807) is 6.92 Å². The first-order chi connectivity index (χ1) is 9.40. The Bertz CT molecular complexity index is 544. The fourth-order valence-electron chi connectivity index (χ4n) is 2.60. The van der Waals surface area contributed by atoms with Crippen molar-refractivity contribution in [1.29, 1.82) is 0 Å². The van der Waals surface area contributed by atoms with Gasteiger partial charge in [-0.05, 0) is 43.4 Å². The lowest BCUT2D eigenvalue weighted by Gasteiger charge is -2.36. The van der Waals surface area contributed by atoms with Gasteiger partial charge in [-0.3, -0.25) is 4.79 Å². The molecule has 2 atom stereocenters. The number of hydrogen-bond donors (Lipinski definition) is 1. The van der Waals surface area contributed by atoms with E-state index in [4.69, 9.17) is 0 Å². The van der Waals surface area contributed by atoms with Crippen LogP contribution in [-0.2, 0) is 4.79 Å².